The Balaban J connectivity index is 1.38. The summed E-state index contributed by atoms with van der Waals surface area (Å²) in [6.45, 7) is 3.52. The van der Waals surface area contributed by atoms with Gasteiger partial charge in [0.05, 0.1) is 16.1 Å². The first-order chi connectivity index (χ1) is 16.8. The number of fused-ring (bicyclic) bond motifs is 3. The van der Waals surface area contributed by atoms with Crippen LogP contribution in [0.5, 0.6) is 11.5 Å². The average Bonchev–Trinajstić information content (AvgIpc) is 3.16. The maximum Gasteiger partial charge on any atom is 0.269 e. The Bertz CT molecular complexity index is 1390. The van der Waals surface area contributed by atoms with Gasteiger partial charge < -0.3 is 9.47 Å². The molecule has 2 heterocycles. The third-order valence-electron chi connectivity index (χ3n) is 6.10. The maximum absolute atomic E-state index is 13.2. The number of hydrogen-bond acceptors (Lipinski definition) is 6. The minimum absolute atomic E-state index is 0.0175. The fraction of sp³-hybridized carbons (Fsp3) is 0.192. The first kappa shape index (κ1) is 23.4. The summed E-state index contributed by atoms with van der Waals surface area (Å²) in [4.78, 5) is 25.7. The molecule has 0 saturated heterocycles. The third kappa shape index (κ3) is 4.62. The first-order valence-corrected chi connectivity index (χ1v) is 11.7. The molecule has 7 nitrogen and oxygen atoms in total. The monoisotopic (exact) mass is 510 g/mol. The molecule has 178 valence electrons. The van der Waals surface area contributed by atoms with Crippen molar-refractivity contribution in [2.24, 2.45) is 0 Å². The zero-order valence-electron chi connectivity index (χ0n) is 18.7. The summed E-state index contributed by atoms with van der Waals surface area (Å²) in [5.74, 6) is 1.16. The Morgan fingerprint density at radius 2 is 1.91 bits per heavy atom. The van der Waals surface area contributed by atoms with Crippen molar-refractivity contribution in [3.05, 3.63) is 102 Å². The number of non-ortho nitro benzene ring substituents is 1. The smallest absolute Gasteiger partial charge is 0.269 e. The number of allylic oxidation sites excluding steroid dienone is 1. The molecular formula is C26H20Cl2N2O5. The van der Waals surface area contributed by atoms with E-state index in [4.69, 9.17) is 32.7 Å². The van der Waals surface area contributed by atoms with Crippen molar-refractivity contribution in [1.29, 1.82) is 0 Å². The van der Waals surface area contributed by atoms with Gasteiger partial charge in [-0.2, -0.15) is 0 Å². The maximum atomic E-state index is 13.2. The Morgan fingerprint density at radius 3 is 2.63 bits per heavy atom. The van der Waals surface area contributed by atoms with E-state index in [-0.39, 0.29) is 17.2 Å². The van der Waals surface area contributed by atoms with Gasteiger partial charge in [0.2, 0.25) is 5.78 Å². The van der Waals surface area contributed by atoms with Crippen LogP contribution < -0.4 is 9.47 Å². The van der Waals surface area contributed by atoms with E-state index < -0.39 is 4.92 Å². The van der Waals surface area contributed by atoms with E-state index in [1.165, 1.54) is 12.1 Å². The van der Waals surface area contributed by atoms with Crippen LogP contribution in [0, 0.1) is 17.0 Å². The fourth-order valence-corrected chi connectivity index (χ4v) is 4.77. The second-order valence-electron chi connectivity index (χ2n) is 8.47. The van der Waals surface area contributed by atoms with Crippen LogP contribution in [0.2, 0.25) is 10.0 Å². The molecule has 9 heteroatoms. The highest BCUT2D eigenvalue weighted by atomic mass is 35.5. The molecule has 0 atom stereocenters. The van der Waals surface area contributed by atoms with Gasteiger partial charge in [0, 0.05) is 35.3 Å². The Morgan fingerprint density at radius 1 is 1.14 bits per heavy atom. The number of nitro benzene ring substituents is 1. The van der Waals surface area contributed by atoms with Crippen molar-refractivity contribution < 1.29 is 19.2 Å². The van der Waals surface area contributed by atoms with Gasteiger partial charge in [0.1, 0.15) is 18.2 Å². The van der Waals surface area contributed by atoms with Crippen molar-refractivity contribution >= 4 is 40.7 Å². The number of aryl methyl sites for hydroxylation is 1. The van der Waals surface area contributed by atoms with Crippen LogP contribution in [0.25, 0.3) is 6.08 Å². The molecule has 0 aliphatic carbocycles. The third-order valence-corrected chi connectivity index (χ3v) is 6.69. The molecule has 2 aliphatic rings. The molecule has 2 aliphatic heterocycles. The molecule has 0 aromatic heterocycles. The quantitative estimate of drug-likeness (QED) is 0.230. The van der Waals surface area contributed by atoms with Crippen LogP contribution in [0.4, 0.5) is 5.69 Å². The normalized spacial score (nSPS) is 16.0. The number of Topliss-reactive ketones (excluding diaryl/α,β-unsaturated/α-hetero) is 1. The van der Waals surface area contributed by atoms with E-state index in [2.05, 4.69) is 4.90 Å². The summed E-state index contributed by atoms with van der Waals surface area (Å²) in [6, 6.07) is 13.3. The number of rotatable bonds is 5. The summed E-state index contributed by atoms with van der Waals surface area (Å²) in [5.41, 5.74) is 3.72. The highest BCUT2D eigenvalue weighted by Crippen LogP contribution is 2.44. The molecule has 0 spiro atoms. The number of carbonyl (C=O) groups excluding carboxylic acids is 1. The Labute approximate surface area is 211 Å². The Kier molecular flexibility index (Phi) is 6.23. The predicted molar refractivity (Wildman–Crippen MR) is 133 cm³/mol. The number of halogens is 2. The largest absolute Gasteiger partial charge is 0.478 e. The highest BCUT2D eigenvalue weighted by molar-refractivity contribution is 6.35. The topological polar surface area (TPSA) is 81.9 Å². The van der Waals surface area contributed by atoms with E-state index in [1.54, 1.807) is 24.3 Å². The molecular weight excluding hydrogens is 491 g/mol. The lowest BCUT2D eigenvalue weighted by Crippen LogP contribution is -2.34. The molecule has 0 bridgehead atoms. The lowest BCUT2D eigenvalue weighted by atomic mass is 9.98. The zero-order chi connectivity index (χ0) is 24.7. The molecule has 0 N–H and O–H groups in total. The van der Waals surface area contributed by atoms with Gasteiger partial charge in [-0.05, 0) is 66.4 Å². The number of carbonyl (C=O) groups is 1. The summed E-state index contributed by atoms with van der Waals surface area (Å²) in [7, 11) is 0. The summed E-state index contributed by atoms with van der Waals surface area (Å²) < 4.78 is 12.1. The van der Waals surface area contributed by atoms with Crippen molar-refractivity contribution in [2.75, 3.05) is 13.3 Å². The average molecular weight is 511 g/mol. The van der Waals surface area contributed by atoms with Crippen LogP contribution in [0.15, 0.2) is 54.3 Å². The molecule has 5 rings (SSSR count). The van der Waals surface area contributed by atoms with E-state index in [9.17, 15) is 14.9 Å². The summed E-state index contributed by atoms with van der Waals surface area (Å²) >= 11 is 12.3. The lowest BCUT2D eigenvalue weighted by Gasteiger charge is -2.30. The van der Waals surface area contributed by atoms with Crippen LogP contribution in [-0.2, 0) is 13.0 Å². The number of nitro groups is 1. The van der Waals surface area contributed by atoms with Crippen LogP contribution in [-0.4, -0.2) is 28.9 Å². The standard InChI is InChI=1S/C26H20Cl2N2O5/c1-15-10-22-20(13-29(14-34-22)9-8-17-4-5-18(27)12-21(17)28)26-24(15)25(31)23(35-26)11-16-2-6-19(7-3-16)30(32)33/h2-7,10-12H,8-9,13-14H2,1H3/b23-11+. The van der Waals surface area contributed by atoms with Crippen LogP contribution in [0.3, 0.4) is 0 Å². The van der Waals surface area contributed by atoms with Gasteiger partial charge in [-0.3, -0.25) is 19.8 Å². The van der Waals surface area contributed by atoms with Crippen molar-refractivity contribution in [3.63, 3.8) is 0 Å². The number of ketones is 1. The Hall–Kier alpha value is -3.39. The van der Waals surface area contributed by atoms with Gasteiger partial charge in [0.25, 0.3) is 5.69 Å². The molecule has 0 amide bonds. The first-order valence-electron chi connectivity index (χ1n) is 10.9. The van der Waals surface area contributed by atoms with Crippen molar-refractivity contribution in [1.82, 2.24) is 4.90 Å². The summed E-state index contributed by atoms with van der Waals surface area (Å²) in [5, 5.41) is 12.1. The van der Waals surface area contributed by atoms with Gasteiger partial charge in [-0.15, -0.1) is 0 Å². The molecule has 0 unspecified atom stereocenters. The molecule has 35 heavy (non-hydrogen) atoms. The van der Waals surface area contributed by atoms with Crippen LogP contribution >= 0.6 is 23.2 Å². The number of nitrogens with zero attached hydrogens (tertiary/aromatic N) is 2. The summed E-state index contributed by atoms with van der Waals surface area (Å²) in [6.07, 6.45) is 2.32. The van der Waals surface area contributed by atoms with Crippen molar-refractivity contribution in [3.8, 4) is 11.5 Å². The molecule has 0 saturated carbocycles. The molecule has 0 radical (unpaired) electrons. The number of hydrogen-bond donors (Lipinski definition) is 0. The second-order valence-corrected chi connectivity index (χ2v) is 9.32. The minimum Gasteiger partial charge on any atom is -0.478 e. The second kappa shape index (κ2) is 9.34. The number of ether oxygens (including phenoxy) is 2. The van der Waals surface area contributed by atoms with Gasteiger partial charge in [0.15, 0.2) is 5.76 Å². The van der Waals surface area contributed by atoms with E-state index in [1.807, 2.05) is 25.1 Å². The highest BCUT2D eigenvalue weighted by Gasteiger charge is 2.35. The predicted octanol–water partition coefficient (Wildman–Crippen LogP) is 6.22. The SMILES string of the molecule is Cc1cc2c(c3c1C(=O)/C(=C\c1ccc([N+](=O)[O-])cc1)O3)CN(CCc1ccc(Cl)cc1Cl)CO2. The molecule has 3 aromatic rings. The van der Waals surface area contributed by atoms with E-state index in [0.717, 1.165) is 16.7 Å². The van der Waals surface area contributed by atoms with Gasteiger partial charge in [-0.25, -0.2) is 0 Å². The minimum atomic E-state index is -0.466. The zero-order valence-corrected chi connectivity index (χ0v) is 20.2. The lowest BCUT2D eigenvalue weighted by molar-refractivity contribution is -0.384. The fourth-order valence-electron chi connectivity index (χ4n) is 4.27. The molecule has 0 fully saturated rings. The molecule has 3 aromatic carbocycles. The van der Waals surface area contributed by atoms with E-state index in [0.29, 0.717) is 58.9 Å². The van der Waals surface area contributed by atoms with Crippen LogP contribution in [0.1, 0.15) is 32.6 Å². The number of benzene rings is 3. The van der Waals surface area contributed by atoms with Gasteiger partial charge in [-0.1, -0.05) is 29.3 Å². The van der Waals surface area contributed by atoms with E-state index >= 15 is 0 Å². The van der Waals surface area contributed by atoms with Gasteiger partial charge >= 0.3 is 0 Å². The van der Waals surface area contributed by atoms with Crippen molar-refractivity contribution in [2.45, 2.75) is 19.9 Å².